The highest BCUT2D eigenvalue weighted by Crippen LogP contribution is 2.34. The lowest BCUT2D eigenvalue weighted by Gasteiger charge is -2.10. The number of ether oxygens (including phenoxy) is 1. The van der Waals surface area contributed by atoms with Crippen LogP contribution in [0.15, 0.2) is 34.8 Å². The van der Waals surface area contributed by atoms with Crippen LogP contribution in [0.5, 0.6) is 11.5 Å². The lowest BCUT2D eigenvalue weighted by molar-refractivity contribution is 0.279. The van der Waals surface area contributed by atoms with Crippen LogP contribution in [0.1, 0.15) is 5.56 Å². The fourth-order valence-electron chi connectivity index (χ4n) is 1.47. The van der Waals surface area contributed by atoms with Gasteiger partial charge in [-0.05, 0) is 35.9 Å². The number of benzene rings is 2. The molecule has 2 rings (SSSR count). The van der Waals surface area contributed by atoms with E-state index >= 15 is 0 Å². The maximum absolute atomic E-state index is 13.7. The second kappa shape index (κ2) is 5.86. The molecule has 0 amide bonds. The van der Waals surface area contributed by atoms with Crippen molar-refractivity contribution in [3.8, 4) is 11.5 Å². The van der Waals surface area contributed by atoms with Gasteiger partial charge in [-0.2, -0.15) is 0 Å². The summed E-state index contributed by atoms with van der Waals surface area (Å²) in [5.74, 6) is -2.22. The molecular weight excluding hydrogens is 341 g/mol. The fraction of sp³-hybridized carbons (Fsp3) is 0.0769. The van der Waals surface area contributed by atoms with Crippen molar-refractivity contribution < 1.29 is 18.6 Å². The van der Waals surface area contributed by atoms with Crippen LogP contribution in [0.4, 0.5) is 8.78 Å². The summed E-state index contributed by atoms with van der Waals surface area (Å²) in [6, 6.07) is 6.69. The molecule has 0 radical (unpaired) electrons. The highest BCUT2D eigenvalue weighted by atomic mass is 79.9. The van der Waals surface area contributed by atoms with Gasteiger partial charge in [0.15, 0.2) is 17.4 Å². The molecule has 1 N–H and O–H groups in total. The van der Waals surface area contributed by atoms with Gasteiger partial charge in [0, 0.05) is 4.47 Å². The molecule has 6 heteroatoms. The molecule has 0 fully saturated rings. The summed E-state index contributed by atoms with van der Waals surface area (Å²) in [5, 5.41) is 9.06. The minimum Gasteiger partial charge on any atom is -0.450 e. The maximum Gasteiger partial charge on any atom is 0.198 e. The average molecular weight is 350 g/mol. The third-order valence-corrected chi connectivity index (χ3v) is 3.14. The van der Waals surface area contributed by atoms with E-state index in [1.54, 1.807) is 12.1 Å². The van der Waals surface area contributed by atoms with E-state index in [2.05, 4.69) is 15.9 Å². The normalized spacial score (nSPS) is 10.6. The average Bonchev–Trinajstić information content (AvgIpc) is 2.35. The van der Waals surface area contributed by atoms with E-state index in [1.807, 2.05) is 0 Å². The van der Waals surface area contributed by atoms with E-state index in [-0.39, 0.29) is 16.3 Å². The van der Waals surface area contributed by atoms with Gasteiger partial charge < -0.3 is 9.84 Å². The summed E-state index contributed by atoms with van der Waals surface area (Å²) in [5.41, 5.74) is 0.129. The smallest absolute Gasteiger partial charge is 0.198 e. The SMILES string of the molecule is OCc1cc(F)c(Oc2ccc(Br)cc2Cl)c(F)c1. The van der Waals surface area contributed by atoms with Gasteiger partial charge in [0.1, 0.15) is 5.75 Å². The lowest BCUT2D eigenvalue weighted by Crippen LogP contribution is -1.96. The summed E-state index contributed by atoms with van der Waals surface area (Å²) < 4.78 is 33.2. The Morgan fingerprint density at radius 1 is 1.16 bits per heavy atom. The molecule has 0 atom stereocenters. The number of halogens is 4. The number of aliphatic hydroxyl groups is 1. The predicted molar refractivity (Wildman–Crippen MR) is 71.5 cm³/mol. The largest absolute Gasteiger partial charge is 0.450 e. The molecule has 0 aliphatic carbocycles. The summed E-state index contributed by atoms with van der Waals surface area (Å²) in [4.78, 5) is 0. The van der Waals surface area contributed by atoms with Crippen LogP contribution in [0.2, 0.25) is 5.02 Å². The molecule has 2 aromatic rings. The Morgan fingerprint density at radius 3 is 2.32 bits per heavy atom. The Morgan fingerprint density at radius 2 is 1.79 bits per heavy atom. The van der Waals surface area contributed by atoms with E-state index in [4.69, 9.17) is 21.4 Å². The van der Waals surface area contributed by atoms with Crippen LogP contribution >= 0.6 is 27.5 Å². The van der Waals surface area contributed by atoms with Crippen molar-refractivity contribution in [2.75, 3.05) is 0 Å². The van der Waals surface area contributed by atoms with Gasteiger partial charge in [0.2, 0.25) is 0 Å². The van der Waals surface area contributed by atoms with Crippen LogP contribution in [0.3, 0.4) is 0 Å². The molecule has 0 aromatic heterocycles. The molecule has 19 heavy (non-hydrogen) atoms. The van der Waals surface area contributed by atoms with E-state index in [1.165, 1.54) is 6.07 Å². The van der Waals surface area contributed by atoms with Crippen molar-refractivity contribution in [1.82, 2.24) is 0 Å². The van der Waals surface area contributed by atoms with Gasteiger partial charge in [-0.15, -0.1) is 0 Å². The molecule has 0 aliphatic rings. The molecule has 0 saturated carbocycles. The predicted octanol–water partition coefficient (Wildman–Crippen LogP) is 4.67. The minimum absolute atomic E-state index is 0.129. The Kier molecular flexibility index (Phi) is 4.39. The van der Waals surface area contributed by atoms with Gasteiger partial charge in [-0.25, -0.2) is 8.78 Å². The molecule has 0 bridgehead atoms. The van der Waals surface area contributed by atoms with Crippen LogP contribution < -0.4 is 4.74 Å². The number of hydrogen-bond donors (Lipinski definition) is 1. The zero-order valence-corrected chi connectivity index (χ0v) is 11.8. The Balaban J connectivity index is 2.38. The van der Waals surface area contributed by atoms with Crippen molar-refractivity contribution in [3.63, 3.8) is 0 Å². The van der Waals surface area contributed by atoms with Crippen molar-refractivity contribution in [2.45, 2.75) is 6.61 Å². The molecule has 2 nitrogen and oxygen atoms in total. The third-order valence-electron chi connectivity index (χ3n) is 2.35. The first-order valence-electron chi connectivity index (χ1n) is 5.23. The molecule has 0 saturated heterocycles. The lowest BCUT2D eigenvalue weighted by atomic mass is 10.2. The van der Waals surface area contributed by atoms with E-state index < -0.39 is 24.0 Å². The topological polar surface area (TPSA) is 29.5 Å². The quantitative estimate of drug-likeness (QED) is 0.873. The maximum atomic E-state index is 13.7. The number of rotatable bonds is 3. The van der Waals surface area contributed by atoms with Crippen LogP contribution in [0.25, 0.3) is 0 Å². The van der Waals surface area contributed by atoms with Crippen LogP contribution in [-0.2, 0) is 6.61 Å². The molecule has 2 aromatic carbocycles. The van der Waals surface area contributed by atoms with Gasteiger partial charge in [0.05, 0.1) is 11.6 Å². The van der Waals surface area contributed by atoms with Gasteiger partial charge in [-0.3, -0.25) is 0 Å². The van der Waals surface area contributed by atoms with E-state index in [0.29, 0.717) is 0 Å². The molecular formula is C13H8BrClF2O2. The first-order chi connectivity index (χ1) is 9.01. The van der Waals surface area contributed by atoms with Crippen molar-refractivity contribution in [1.29, 1.82) is 0 Å². The van der Waals surface area contributed by atoms with Crippen molar-refractivity contribution in [3.05, 3.63) is 57.0 Å². The third kappa shape index (κ3) is 3.23. The van der Waals surface area contributed by atoms with Crippen molar-refractivity contribution >= 4 is 27.5 Å². The molecule has 0 unspecified atom stereocenters. The van der Waals surface area contributed by atoms with Gasteiger partial charge in [-0.1, -0.05) is 27.5 Å². The Hall–Kier alpha value is -1.17. The second-order valence-corrected chi connectivity index (χ2v) is 5.05. The fourth-order valence-corrected chi connectivity index (χ4v) is 2.18. The highest BCUT2D eigenvalue weighted by Gasteiger charge is 2.15. The highest BCUT2D eigenvalue weighted by molar-refractivity contribution is 9.10. The molecule has 100 valence electrons. The monoisotopic (exact) mass is 348 g/mol. The second-order valence-electron chi connectivity index (χ2n) is 3.72. The standard InChI is InChI=1S/C13H8BrClF2O2/c14-8-1-2-12(9(15)5-8)19-13-10(16)3-7(6-18)4-11(13)17/h1-5,18H,6H2. The molecule has 0 spiro atoms. The van der Waals surface area contributed by atoms with Gasteiger partial charge in [0.25, 0.3) is 0 Å². The molecule has 0 heterocycles. The summed E-state index contributed by atoms with van der Waals surface area (Å²) in [6.45, 7) is -0.451. The van der Waals surface area contributed by atoms with Crippen LogP contribution in [0, 0.1) is 11.6 Å². The number of hydrogen-bond acceptors (Lipinski definition) is 2. The zero-order valence-electron chi connectivity index (χ0n) is 9.46. The summed E-state index contributed by atoms with van der Waals surface area (Å²) in [7, 11) is 0. The minimum atomic E-state index is -0.900. The first kappa shape index (κ1) is 14.2. The van der Waals surface area contributed by atoms with Crippen molar-refractivity contribution in [2.24, 2.45) is 0 Å². The first-order valence-corrected chi connectivity index (χ1v) is 6.40. The zero-order chi connectivity index (χ0) is 14.0. The van der Waals surface area contributed by atoms with Crippen LogP contribution in [-0.4, -0.2) is 5.11 Å². The van der Waals surface area contributed by atoms with E-state index in [0.717, 1.165) is 16.6 Å². The Labute approximate surface area is 121 Å². The summed E-state index contributed by atoms with van der Waals surface area (Å²) >= 11 is 9.12. The summed E-state index contributed by atoms with van der Waals surface area (Å²) in [6.07, 6.45) is 0. The van der Waals surface area contributed by atoms with E-state index in [9.17, 15) is 8.78 Å². The van der Waals surface area contributed by atoms with Gasteiger partial charge >= 0.3 is 0 Å². The number of aliphatic hydroxyl groups excluding tert-OH is 1. The Bertz CT molecular complexity index is 597. The molecule has 0 aliphatic heterocycles.